The van der Waals surface area contributed by atoms with Crippen molar-refractivity contribution in [3.8, 4) is 0 Å². The Balaban J connectivity index is 2.75. The molecule has 1 aliphatic heterocycles. The molecule has 1 saturated heterocycles. The highest BCUT2D eigenvalue weighted by molar-refractivity contribution is 5.85. The Bertz CT molecular complexity index is 231. The Labute approximate surface area is 74.9 Å². The molecule has 74 valence electrons. The summed E-state index contributed by atoms with van der Waals surface area (Å²) < 4.78 is 0. The van der Waals surface area contributed by atoms with Crippen LogP contribution in [0.15, 0.2) is 0 Å². The lowest BCUT2D eigenvalue weighted by Crippen LogP contribution is -2.47. The first-order valence-electron chi connectivity index (χ1n) is 3.98. The summed E-state index contributed by atoms with van der Waals surface area (Å²) in [5.74, 6) is -1.63. The number of nitrogens with two attached hydrogens (primary N) is 1. The maximum Gasteiger partial charge on any atom is 0.329 e. The SMILES string of the molecule is NCC(=O)N1CC[C@H](O)[C@H]1C(=O)O. The third kappa shape index (κ3) is 1.78. The van der Waals surface area contributed by atoms with Crippen molar-refractivity contribution in [2.75, 3.05) is 13.1 Å². The molecular weight excluding hydrogens is 176 g/mol. The van der Waals surface area contributed by atoms with Gasteiger partial charge in [0.15, 0.2) is 6.04 Å². The number of nitrogens with zero attached hydrogens (tertiary/aromatic N) is 1. The van der Waals surface area contributed by atoms with Crippen LogP contribution < -0.4 is 5.73 Å². The van der Waals surface area contributed by atoms with Crippen LogP contribution in [0, 0.1) is 0 Å². The number of likely N-dealkylation sites (tertiary alicyclic amines) is 1. The minimum absolute atomic E-state index is 0.226. The standard InChI is InChI=1S/C7H12N2O4/c8-3-5(11)9-2-1-4(10)6(9)7(12)13/h4,6,10H,1-3,8H2,(H,12,13)/t4-,6-/m0/s1. The van der Waals surface area contributed by atoms with Crippen molar-refractivity contribution < 1.29 is 19.8 Å². The lowest BCUT2D eigenvalue weighted by atomic mass is 10.2. The summed E-state index contributed by atoms with van der Waals surface area (Å²) in [5.41, 5.74) is 5.09. The van der Waals surface area contributed by atoms with E-state index in [9.17, 15) is 14.7 Å². The van der Waals surface area contributed by atoms with Gasteiger partial charge in [0.05, 0.1) is 12.6 Å². The molecule has 1 fully saturated rings. The number of carboxylic acid groups (broad SMARTS) is 1. The van der Waals surface area contributed by atoms with Crippen LogP contribution in [-0.4, -0.2) is 52.2 Å². The van der Waals surface area contributed by atoms with Crippen LogP contribution in [0.5, 0.6) is 0 Å². The van der Waals surface area contributed by atoms with Crippen LogP contribution in [0.2, 0.25) is 0 Å². The van der Waals surface area contributed by atoms with E-state index < -0.39 is 24.0 Å². The van der Waals surface area contributed by atoms with E-state index in [1.54, 1.807) is 0 Å². The second-order valence-electron chi connectivity index (χ2n) is 2.93. The van der Waals surface area contributed by atoms with Gasteiger partial charge in [-0.3, -0.25) is 4.79 Å². The molecule has 0 aromatic rings. The minimum Gasteiger partial charge on any atom is -0.480 e. The number of carbonyl (C=O) groups excluding carboxylic acids is 1. The number of rotatable bonds is 2. The van der Waals surface area contributed by atoms with Gasteiger partial charge in [-0.25, -0.2) is 4.79 Å². The molecule has 2 atom stereocenters. The van der Waals surface area contributed by atoms with Crippen LogP contribution >= 0.6 is 0 Å². The first kappa shape index (κ1) is 9.94. The summed E-state index contributed by atoms with van der Waals surface area (Å²) >= 11 is 0. The number of hydrogen-bond acceptors (Lipinski definition) is 4. The summed E-state index contributed by atoms with van der Waals surface area (Å²) in [5, 5.41) is 18.0. The summed E-state index contributed by atoms with van der Waals surface area (Å²) in [6.07, 6.45) is -0.684. The Morgan fingerprint density at radius 1 is 1.54 bits per heavy atom. The molecule has 4 N–H and O–H groups in total. The van der Waals surface area contributed by atoms with Gasteiger partial charge in [-0.05, 0) is 6.42 Å². The van der Waals surface area contributed by atoms with E-state index in [0.717, 1.165) is 4.90 Å². The zero-order chi connectivity index (χ0) is 10.0. The van der Waals surface area contributed by atoms with E-state index in [1.807, 2.05) is 0 Å². The van der Waals surface area contributed by atoms with Crippen molar-refractivity contribution >= 4 is 11.9 Å². The van der Waals surface area contributed by atoms with E-state index in [-0.39, 0.29) is 13.1 Å². The number of aliphatic hydroxyl groups is 1. The molecule has 0 aromatic carbocycles. The normalized spacial score (nSPS) is 27.7. The Kier molecular flexibility index (Phi) is 2.84. The minimum atomic E-state index is -1.19. The van der Waals surface area contributed by atoms with E-state index in [4.69, 9.17) is 10.8 Å². The van der Waals surface area contributed by atoms with E-state index in [1.165, 1.54) is 0 Å². The number of aliphatic hydroxyl groups excluding tert-OH is 1. The molecule has 0 saturated carbocycles. The zero-order valence-corrected chi connectivity index (χ0v) is 7.01. The monoisotopic (exact) mass is 188 g/mol. The fourth-order valence-electron chi connectivity index (χ4n) is 1.47. The fraction of sp³-hybridized carbons (Fsp3) is 0.714. The third-order valence-corrected chi connectivity index (χ3v) is 2.11. The average molecular weight is 188 g/mol. The van der Waals surface area contributed by atoms with Crippen molar-refractivity contribution in [2.45, 2.75) is 18.6 Å². The van der Waals surface area contributed by atoms with Gasteiger partial charge in [-0.15, -0.1) is 0 Å². The summed E-state index contributed by atoms with van der Waals surface area (Å²) in [6.45, 7) is 0.0324. The predicted molar refractivity (Wildman–Crippen MR) is 42.8 cm³/mol. The van der Waals surface area contributed by atoms with Crippen LogP contribution in [0.25, 0.3) is 0 Å². The molecule has 6 heteroatoms. The molecule has 6 nitrogen and oxygen atoms in total. The van der Waals surface area contributed by atoms with Crippen molar-refractivity contribution in [1.29, 1.82) is 0 Å². The topological polar surface area (TPSA) is 104 Å². The van der Waals surface area contributed by atoms with Crippen molar-refractivity contribution in [3.05, 3.63) is 0 Å². The second-order valence-corrected chi connectivity index (χ2v) is 2.93. The molecule has 0 aromatic heterocycles. The molecule has 1 amide bonds. The summed E-state index contributed by atoms with van der Waals surface area (Å²) in [7, 11) is 0. The quantitative estimate of drug-likeness (QED) is 0.464. The van der Waals surface area contributed by atoms with E-state index >= 15 is 0 Å². The summed E-state index contributed by atoms with van der Waals surface area (Å²) in [4.78, 5) is 22.9. The largest absolute Gasteiger partial charge is 0.480 e. The van der Waals surface area contributed by atoms with Crippen LogP contribution in [0.4, 0.5) is 0 Å². The maximum atomic E-state index is 11.1. The molecule has 0 spiro atoms. The van der Waals surface area contributed by atoms with Gasteiger partial charge < -0.3 is 20.8 Å². The van der Waals surface area contributed by atoms with E-state index in [2.05, 4.69) is 0 Å². The van der Waals surface area contributed by atoms with Gasteiger partial charge in [0.1, 0.15) is 0 Å². The lowest BCUT2D eigenvalue weighted by molar-refractivity contribution is -0.150. The number of amides is 1. The van der Waals surface area contributed by atoms with Gasteiger partial charge >= 0.3 is 5.97 Å². The Morgan fingerprint density at radius 3 is 2.62 bits per heavy atom. The molecule has 0 aliphatic carbocycles. The number of carboxylic acids is 1. The van der Waals surface area contributed by atoms with Gasteiger partial charge in [0.2, 0.25) is 5.91 Å². The van der Waals surface area contributed by atoms with Crippen LogP contribution in [-0.2, 0) is 9.59 Å². The molecule has 1 heterocycles. The molecular formula is C7H12N2O4. The Hall–Kier alpha value is -1.14. The lowest BCUT2D eigenvalue weighted by Gasteiger charge is -2.21. The van der Waals surface area contributed by atoms with Crippen molar-refractivity contribution in [2.24, 2.45) is 5.73 Å². The zero-order valence-electron chi connectivity index (χ0n) is 7.01. The molecule has 0 bridgehead atoms. The third-order valence-electron chi connectivity index (χ3n) is 2.11. The highest BCUT2D eigenvalue weighted by Crippen LogP contribution is 2.17. The maximum absolute atomic E-state index is 11.1. The van der Waals surface area contributed by atoms with Crippen LogP contribution in [0.3, 0.4) is 0 Å². The molecule has 1 rings (SSSR count). The highest BCUT2D eigenvalue weighted by Gasteiger charge is 2.40. The summed E-state index contributed by atoms with van der Waals surface area (Å²) in [6, 6.07) is -1.13. The second kappa shape index (κ2) is 3.71. The molecule has 0 radical (unpaired) electrons. The molecule has 13 heavy (non-hydrogen) atoms. The highest BCUT2D eigenvalue weighted by atomic mass is 16.4. The van der Waals surface area contributed by atoms with Gasteiger partial charge in [0.25, 0.3) is 0 Å². The van der Waals surface area contributed by atoms with Gasteiger partial charge in [-0.2, -0.15) is 0 Å². The van der Waals surface area contributed by atoms with Crippen LogP contribution in [0.1, 0.15) is 6.42 Å². The number of aliphatic carboxylic acids is 1. The first-order chi connectivity index (χ1) is 6.07. The Morgan fingerprint density at radius 2 is 2.15 bits per heavy atom. The molecule has 1 aliphatic rings. The first-order valence-corrected chi connectivity index (χ1v) is 3.98. The molecule has 0 unspecified atom stereocenters. The van der Waals surface area contributed by atoms with Gasteiger partial charge in [-0.1, -0.05) is 0 Å². The smallest absolute Gasteiger partial charge is 0.329 e. The van der Waals surface area contributed by atoms with Crippen molar-refractivity contribution in [3.63, 3.8) is 0 Å². The average Bonchev–Trinajstić information content (AvgIpc) is 2.45. The van der Waals surface area contributed by atoms with E-state index in [0.29, 0.717) is 6.42 Å². The number of carbonyl (C=O) groups is 2. The number of hydrogen-bond donors (Lipinski definition) is 3. The van der Waals surface area contributed by atoms with Crippen molar-refractivity contribution in [1.82, 2.24) is 4.90 Å². The predicted octanol–water partition coefficient (Wildman–Crippen LogP) is -2.01. The van der Waals surface area contributed by atoms with Gasteiger partial charge in [0, 0.05) is 6.54 Å². The fourth-order valence-corrected chi connectivity index (χ4v) is 1.47.